The number of hydrogen-bond acceptors (Lipinski definition) is 8. The van der Waals surface area contributed by atoms with Gasteiger partial charge in [0.05, 0.1) is 16.6 Å². The molecule has 0 fully saturated rings. The van der Waals surface area contributed by atoms with Gasteiger partial charge in [-0.3, -0.25) is 9.78 Å². The first-order valence-corrected chi connectivity index (χ1v) is 9.89. The highest BCUT2D eigenvalue weighted by molar-refractivity contribution is 9.10. The Morgan fingerprint density at radius 1 is 1.20 bits per heavy atom. The van der Waals surface area contributed by atoms with E-state index in [-0.39, 0.29) is 11.7 Å². The molecule has 0 bridgehead atoms. The molecule has 3 rings (SSSR count). The highest BCUT2D eigenvalue weighted by atomic mass is 79.9. The molecule has 0 saturated heterocycles. The maximum atomic E-state index is 11.3. The first-order chi connectivity index (χ1) is 14.3. The smallest absolute Gasteiger partial charge is 0.267 e. The molecule has 0 aliphatic carbocycles. The fraction of sp³-hybridized carbons (Fsp3) is 0.200. The van der Waals surface area contributed by atoms with Crippen LogP contribution >= 0.6 is 15.9 Å². The Hall–Kier alpha value is -3.24. The largest absolute Gasteiger partial charge is 0.457 e. The second-order valence-corrected chi connectivity index (χ2v) is 7.41. The number of benzene rings is 1. The van der Waals surface area contributed by atoms with E-state index in [9.17, 15) is 9.90 Å². The maximum absolute atomic E-state index is 11.3. The quantitative estimate of drug-likeness (QED) is 0.391. The minimum absolute atomic E-state index is 0.122. The van der Waals surface area contributed by atoms with E-state index in [4.69, 9.17) is 10.5 Å². The Bertz CT molecular complexity index is 1050. The van der Waals surface area contributed by atoms with Gasteiger partial charge < -0.3 is 26.2 Å². The van der Waals surface area contributed by atoms with Crippen LogP contribution in [0.15, 0.2) is 53.3 Å². The van der Waals surface area contributed by atoms with Crippen LogP contribution in [-0.2, 0) is 0 Å². The van der Waals surface area contributed by atoms with Crippen molar-refractivity contribution >= 4 is 39.3 Å². The number of hydrogen-bond donors (Lipinski definition) is 4. The third kappa shape index (κ3) is 5.65. The SMILES string of the molecule is C[C@@H](O)[C@@H](C)Nc1nc(Nc2cccc(Oc3ccnc(C(N)=O)c3)c2)ncc1Br. The van der Waals surface area contributed by atoms with E-state index in [1.54, 1.807) is 37.4 Å². The van der Waals surface area contributed by atoms with E-state index >= 15 is 0 Å². The predicted octanol–water partition coefficient (Wildman–Crippen LogP) is 3.45. The summed E-state index contributed by atoms with van der Waals surface area (Å²) in [6.45, 7) is 3.56. The van der Waals surface area contributed by atoms with Crippen LogP contribution in [-0.4, -0.2) is 38.1 Å². The summed E-state index contributed by atoms with van der Waals surface area (Å²) >= 11 is 3.40. The molecular formula is C20H21BrN6O3. The standard InChI is InChI=1S/C20H21BrN6O3/c1-11(12(2)28)25-19-16(21)10-24-20(27-19)26-13-4-3-5-14(8-13)30-15-6-7-23-17(9-15)18(22)29/h3-12,28H,1-2H3,(H2,22,29)(H2,24,25,26,27)/t11-,12-/m1/s1. The Balaban J connectivity index is 1.75. The van der Waals surface area contributed by atoms with Crippen LogP contribution in [0, 0.1) is 0 Å². The molecule has 0 radical (unpaired) electrons. The Kier molecular flexibility index (Phi) is 6.80. The molecular weight excluding hydrogens is 452 g/mol. The summed E-state index contributed by atoms with van der Waals surface area (Å²) in [5.74, 6) is 1.28. The van der Waals surface area contributed by atoms with Crippen LogP contribution in [0.25, 0.3) is 0 Å². The van der Waals surface area contributed by atoms with E-state index < -0.39 is 12.0 Å². The zero-order valence-corrected chi connectivity index (χ0v) is 17.9. The van der Waals surface area contributed by atoms with Crippen LogP contribution in [0.2, 0.25) is 0 Å². The van der Waals surface area contributed by atoms with E-state index in [1.165, 1.54) is 12.3 Å². The number of primary amides is 1. The molecule has 30 heavy (non-hydrogen) atoms. The molecule has 0 unspecified atom stereocenters. The molecule has 2 aromatic heterocycles. The van der Waals surface area contributed by atoms with Gasteiger partial charge in [0, 0.05) is 30.2 Å². The second kappa shape index (κ2) is 9.51. The fourth-order valence-corrected chi connectivity index (χ4v) is 2.68. The minimum atomic E-state index is -0.627. The van der Waals surface area contributed by atoms with Gasteiger partial charge in [-0.1, -0.05) is 6.07 Å². The van der Waals surface area contributed by atoms with Crippen molar-refractivity contribution in [1.82, 2.24) is 15.0 Å². The number of anilines is 3. The molecule has 0 saturated carbocycles. The first-order valence-electron chi connectivity index (χ1n) is 9.10. The lowest BCUT2D eigenvalue weighted by molar-refractivity contribution is 0.0995. The van der Waals surface area contributed by atoms with Gasteiger partial charge in [-0.15, -0.1) is 0 Å². The number of aliphatic hydroxyl groups is 1. The first kappa shape index (κ1) is 21.5. The number of carbonyl (C=O) groups excluding carboxylic acids is 1. The van der Waals surface area contributed by atoms with Crippen molar-refractivity contribution in [2.45, 2.75) is 26.0 Å². The van der Waals surface area contributed by atoms with Crippen molar-refractivity contribution in [2.75, 3.05) is 10.6 Å². The number of ether oxygens (including phenoxy) is 1. The third-order valence-electron chi connectivity index (χ3n) is 4.14. The monoisotopic (exact) mass is 472 g/mol. The van der Waals surface area contributed by atoms with Crippen LogP contribution in [0.3, 0.4) is 0 Å². The van der Waals surface area contributed by atoms with Crippen LogP contribution < -0.4 is 21.1 Å². The van der Waals surface area contributed by atoms with Gasteiger partial charge >= 0.3 is 0 Å². The highest BCUT2D eigenvalue weighted by Gasteiger charge is 2.13. The maximum Gasteiger partial charge on any atom is 0.267 e. The number of halogens is 1. The Morgan fingerprint density at radius 2 is 1.97 bits per heavy atom. The molecule has 1 aromatic carbocycles. The van der Waals surface area contributed by atoms with Gasteiger partial charge in [-0.25, -0.2) is 4.98 Å². The van der Waals surface area contributed by atoms with Gasteiger partial charge in [-0.2, -0.15) is 4.98 Å². The lowest BCUT2D eigenvalue weighted by Crippen LogP contribution is -2.28. The van der Waals surface area contributed by atoms with Gasteiger partial charge in [0.2, 0.25) is 5.95 Å². The summed E-state index contributed by atoms with van der Waals surface area (Å²) in [6, 6.07) is 10.1. The number of nitrogens with two attached hydrogens (primary N) is 1. The van der Waals surface area contributed by atoms with Crippen molar-refractivity contribution in [3.05, 3.63) is 59.0 Å². The summed E-state index contributed by atoms with van der Waals surface area (Å²) in [6.07, 6.45) is 2.53. The molecule has 10 heteroatoms. The fourth-order valence-electron chi connectivity index (χ4n) is 2.38. The minimum Gasteiger partial charge on any atom is -0.457 e. The van der Waals surface area contributed by atoms with Crippen molar-refractivity contribution < 1.29 is 14.6 Å². The van der Waals surface area contributed by atoms with Crippen molar-refractivity contribution in [1.29, 1.82) is 0 Å². The summed E-state index contributed by atoms with van der Waals surface area (Å²) in [5.41, 5.74) is 6.08. The zero-order chi connectivity index (χ0) is 21.7. The summed E-state index contributed by atoms with van der Waals surface area (Å²) in [5, 5.41) is 16.0. The molecule has 156 valence electrons. The van der Waals surface area contributed by atoms with Gasteiger partial charge in [0.1, 0.15) is 23.0 Å². The van der Waals surface area contributed by atoms with Crippen LogP contribution in [0.1, 0.15) is 24.3 Å². The normalized spacial score (nSPS) is 12.7. The van der Waals surface area contributed by atoms with E-state index in [0.717, 1.165) is 0 Å². The second-order valence-electron chi connectivity index (χ2n) is 6.56. The Morgan fingerprint density at radius 3 is 2.70 bits per heavy atom. The lowest BCUT2D eigenvalue weighted by atomic mass is 10.2. The number of carbonyl (C=O) groups is 1. The van der Waals surface area contributed by atoms with E-state index in [2.05, 4.69) is 41.5 Å². The van der Waals surface area contributed by atoms with Gasteiger partial charge in [0.25, 0.3) is 5.91 Å². The molecule has 2 atom stereocenters. The van der Waals surface area contributed by atoms with E-state index in [1.807, 2.05) is 13.0 Å². The molecule has 5 N–H and O–H groups in total. The van der Waals surface area contributed by atoms with E-state index in [0.29, 0.717) is 33.4 Å². The zero-order valence-electron chi connectivity index (χ0n) is 16.3. The number of amides is 1. The summed E-state index contributed by atoms with van der Waals surface area (Å²) < 4.78 is 6.47. The molecule has 0 spiro atoms. The molecule has 0 aliphatic rings. The number of nitrogens with one attached hydrogen (secondary N) is 2. The summed E-state index contributed by atoms with van der Waals surface area (Å²) in [4.78, 5) is 23.9. The van der Waals surface area contributed by atoms with Crippen molar-refractivity contribution in [3.8, 4) is 11.5 Å². The summed E-state index contributed by atoms with van der Waals surface area (Å²) in [7, 11) is 0. The molecule has 9 nitrogen and oxygen atoms in total. The number of aromatic nitrogens is 3. The number of aliphatic hydroxyl groups excluding tert-OH is 1. The van der Waals surface area contributed by atoms with Gasteiger partial charge in [0.15, 0.2) is 0 Å². The predicted molar refractivity (Wildman–Crippen MR) is 117 cm³/mol. The Labute approximate surface area is 181 Å². The molecule has 3 aromatic rings. The van der Waals surface area contributed by atoms with Gasteiger partial charge in [-0.05, 0) is 48.0 Å². The van der Waals surface area contributed by atoms with Crippen molar-refractivity contribution in [2.24, 2.45) is 5.73 Å². The highest BCUT2D eigenvalue weighted by Crippen LogP contribution is 2.27. The van der Waals surface area contributed by atoms with Crippen LogP contribution in [0.5, 0.6) is 11.5 Å². The number of rotatable bonds is 8. The topological polar surface area (TPSA) is 135 Å². The molecule has 1 amide bonds. The average Bonchev–Trinajstić information content (AvgIpc) is 2.71. The average molecular weight is 473 g/mol. The molecule has 2 heterocycles. The van der Waals surface area contributed by atoms with Crippen molar-refractivity contribution in [3.63, 3.8) is 0 Å². The number of nitrogens with zero attached hydrogens (tertiary/aromatic N) is 3. The molecule has 0 aliphatic heterocycles. The number of pyridine rings is 1. The van der Waals surface area contributed by atoms with Crippen LogP contribution in [0.4, 0.5) is 17.5 Å². The third-order valence-corrected chi connectivity index (χ3v) is 4.72. The lowest BCUT2D eigenvalue weighted by Gasteiger charge is -2.18.